The first-order chi connectivity index (χ1) is 10.2. The van der Waals surface area contributed by atoms with Crippen molar-refractivity contribution >= 4 is 34.1 Å². The number of halogens is 1. The van der Waals surface area contributed by atoms with Gasteiger partial charge in [-0.15, -0.1) is 0 Å². The van der Waals surface area contributed by atoms with E-state index in [4.69, 9.17) is 16.9 Å². The number of aromatic nitrogens is 1. The maximum absolute atomic E-state index is 12.4. The van der Waals surface area contributed by atoms with E-state index in [-0.39, 0.29) is 5.91 Å². The molecule has 0 atom stereocenters. The molecule has 0 spiro atoms. The molecular formula is C16H10ClN3O. The van der Waals surface area contributed by atoms with Crippen molar-refractivity contribution < 1.29 is 4.79 Å². The Morgan fingerprint density at radius 3 is 2.86 bits per heavy atom. The molecule has 0 saturated carbocycles. The Hall–Kier alpha value is -2.77. The molecule has 3 rings (SSSR count). The lowest BCUT2D eigenvalue weighted by Gasteiger charge is -2.08. The van der Waals surface area contributed by atoms with Crippen molar-refractivity contribution in [3.8, 4) is 6.07 Å². The van der Waals surface area contributed by atoms with E-state index in [1.165, 1.54) is 6.07 Å². The third kappa shape index (κ3) is 2.47. The van der Waals surface area contributed by atoms with Gasteiger partial charge < -0.3 is 10.3 Å². The van der Waals surface area contributed by atoms with Gasteiger partial charge in [0.05, 0.1) is 22.3 Å². The fourth-order valence-corrected chi connectivity index (χ4v) is 2.39. The molecule has 0 saturated heterocycles. The SMILES string of the molecule is N#Cc1ccc(NC(=O)c2cccc3[nH]ccc23)c(Cl)c1. The van der Waals surface area contributed by atoms with E-state index >= 15 is 0 Å². The molecule has 102 valence electrons. The van der Waals surface area contributed by atoms with Crippen LogP contribution in [0.4, 0.5) is 5.69 Å². The van der Waals surface area contributed by atoms with Gasteiger partial charge in [-0.1, -0.05) is 17.7 Å². The van der Waals surface area contributed by atoms with Crippen LogP contribution in [0, 0.1) is 11.3 Å². The fraction of sp³-hybridized carbons (Fsp3) is 0. The maximum atomic E-state index is 12.4. The second-order valence-corrected chi connectivity index (χ2v) is 4.91. The fourth-order valence-electron chi connectivity index (χ4n) is 2.16. The maximum Gasteiger partial charge on any atom is 0.256 e. The number of anilines is 1. The van der Waals surface area contributed by atoms with Gasteiger partial charge in [-0.2, -0.15) is 5.26 Å². The van der Waals surface area contributed by atoms with Crippen molar-refractivity contribution in [3.05, 3.63) is 64.8 Å². The molecule has 3 aromatic rings. The minimum Gasteiger partial charge on any atom is -0.361 e. The van der Waals surface area contributed by atoms with Gasteiger partial charge in [0.25, 0.3) is 5.91 Å². The molecule has 2 N–H and O–H groups in total. The zero-order valence-electron chi connectivity index (χ0n) is 10.9. The molecule has 5 heteroatoms. The lowest BCUT2D eigenvalue weighted by molar-refractivity contribution is 0.102. The zero-order chi connectivity index (χ0) is 14.8. The number of nitrogens with zero attached hydrogens (tertiary/aromatic N) is 1. The number of rotatable bonds is 2. The monoisotopic (exact) mass is 295 g/mol. The normalized spacial score (nSPS) is 10.3. The van der Waals surface area contributed by atoms with Gasteiger partial charge in [-0.25, -0.2) is 0 Å². The summed E-state index contributed by atoms with van der Waals surface area (Å²) in [4.78, 5) is 15.4. The van der Waals surface area contributed by atoms with Gasteiger partial charge >= 0.3 is 0 Å². The Morgan fingerprint density at radius 1 is 1.24 bits per heavy atom. The third-order valence-electron chi connectivity index (χ3n) is 3.19. The average Bonchev–Trinajstić information content (AvgIpc) is 2.97. The van der Waals surface area contributed by atoms with Crippen LogP contribution in [-0.4, -0.2) is 10.9 Å². The summed E-state index contributed by atoms with van der Waals surface area (Å²) >= 11 is 6.06. The molecule has 0 aliphatic heterocycles. The van der Waals surface area contributed by atoms with Crippen molar-refractivity contribution in [2.24, 2.45) is 0 Å². The van der Waals surface area contributed by atoms with E-state index in [1.54, 1.807) is 24.4 Å². The van der Waals surface area contributed by atoms with Crippen LogP contribution in [0.5, 0.6) is 0 Å². The summed E-state index contributed by atoms with van der Waals surface area (Å²) in [6.45, 7) is 0. The molecule has 0 aliphatic rings. The molecule has 0 unspecified atom stereocenters. The third-order valence-corrected chi connectivity index (χ3v) is 3.50. The van der Waals surface area contributed by atoms with E-state index < -0.39 is 0 Å². The minimum absolute atomic E-state index is 0.244. The predicted octanol–water partition coefficient (Wildman–Crippen LogP) is 3.95. The average molecular weight is 296 g/mol. The second kappa shape index (κ2) is 5.31. The molecular weight excluding hydrogens is 286 g/mol. The molecule has 0 aliphatic carbocycles. The number of benzene rings is 2. The van der Waals surface area contributed by atoms with Crippen LogP contribution in [-0.2, 0) is 0 Å². The summed E-state index contributed by atoms with van der Waals surface area (Å²) in [7, 11) is 0. The summed E-state index contributed by atoms with van der Waals surface area (Å²) in [6.07, 6.45) is 1.79. The van der Waals surface area contributed by atoms with E-state index in [0.717, 1.165) is 10.9 Å². The lowest BCUT2D eigenvalue weighted by atomic mass is 10.1. The number of aromatic amines is 1. The van der Waals surface area contributed by atoms with Gasteiger partial charge in [-0.3, -0.25) is 4.79 Å². The van der Waals surface area contributed by atoms with E-state index in [1.807, 2.05) is 24.3 Å². The molecule has 0 radical (unpaired) electrons. The quantitative estimate of drug-likeness (QED) is 0.751. The highest BCUT2D eigenvalue weighted by molar-refractivity contribution is 6.34. The molecule has 4 nitrogen and oxygen atoms in total. The largest absolute Gasteiger partial charge is 0.361 e. The Balaban J connectivity index is 1.94. The van der Waals surface area contributed by atoms with Crippen molar-refractivity contribution in [2.45, 2.75) is 0 Å². The Morgan fingerprint density at radius 2 is 2.10 bits per heavy atom. The summed E-state index contributed by atoms with van der Waals surface area (Å²) in [5, 5.41) is 12.8. The highest BCUT2D eigenvalue weighted by Crippen LogP contribution is 2.25. The van der Waals surface area contributed by atoms with Crippen LogP contribution in [0.1, 0.15) is 15.9 Å². The smallest absolute Gasteiger partial charge is 0.256 e. The van der Waals surface area contributed by atoms with Gasteiger partial charge in [0, 0.05) is 22.7 Å². The predicted molar refractivity (Wildman–Crippen MR) is 82.4 cm³/mol. The second-order valence-electron chi connectivity index (χ2n) is 4.51. The Kier molecular flexibility index (Phi) is 3.35. The van der Waals surface area contributed by atoms with Crippen molar-refractivity contribution in [2.75, 3.05) is 5.32 Å². The first-order valence-corrected chi connectivity index (χ1v) is 6.64. The van der Waals surface area contributed by atoms with Crippen molar-refractivity contribution in [1.29, 1.82) is 5.26 Å². The van der Waals surface area contributed by atoms with Gasteiger partial charge in [0.1, 0.15) is 0 Å². The number of nitriles is 1. The molecule has 21 heavy (non-hydrogen) atoms. The van der Waals surface area contributed by atoms with Gasteiger partial charge in [-0.05, 0) is 36.4 Å². The summed E-state index contributed by atoms with van der Waals surface area (Å²) < 4.78 is 0. The standard InChI is InChI=1S/C16H10ClN3O/c17-13-8-10(9-18)4-5-15(13)20-16(21)12-2-1-3-14-11(12)6-7-19-14/h1-8,19H,(H,20,21). The van der Waals surface area contributed by atoms with Gasteiger partial charge in [0.15, 0.2) is 0 Å². The van der Waals surface area contributed by atoms with E-state index in [2.05, 4.69) is 10.3 Å². The molecule has 0 fully saturated rings. The lowest BCUT2D eigenvalue weighted by Crippen LogP contribution is -2.12. The molecule has 1 amide bonds. The number of carbonyl (C=O) groups excluding carboxylic acids is 1. The van der Waals surface area contributed by atoms with Crippen LogP contribution in [0.25, 0.3) is 10.9 Å². The number of hydrogen-bond acceptors (Lipinski definition) is 2. The Bertz CT molecular complexity index is 877. The van der Waals surface area contributed by atoms with Crippen molar-refractivity contribution in [3.63, 3.8) is 0 Å². The van der Waals surface area contributed by atoms with Gasteiger partial charge in [0.2, 0.25) is 0 Å². The Labute approximate surface area is 126 Å². The first kappa shape index (κ1) is 13.2. The molecule has 0 bridgehead atoms. The highest BCUT2D eigenvalue weighted by Gasteiger charge is 2.12. The number of nitrogens with one attached hydrogen (secondary N) is 2. The van der Waals surface area contributed by atoms with Crippen LogP contribution >= 0.6 is 11.6 Å². The summed E-state index contributed by atoms with van der Waals surface area (Å²) in [6, 6.07) is 14.1. The molecule has 2 aromatic carbocycles. The topological polar surface area (TPSA) is 68.7 Å². The number of hydrogen-bond donors (Lipinski definition) is 2. The van der Waals surface area contributed by atoms with Crippen molar-refractivity contribution in [1.82, 2.24) is 4.98 Å². The number of carbonyl (C=O) groups is 1. The van der Waals surface area contributed by atoms with Crippen LogP contribution in [0.15, 0.2) is 48.7 Å². The van der Waals surface area contributed by atoms with Crippen LogP contribution < -0.4 is 5.32 Å². The zero-order valence-corrected chi connectivity index (χ0v) is 11.6. The first-order valence-electron chi connectivity index (χ1n) is 6.26. The highest BCUT2D eigenvalue weighted by atomic mass is 35.5. The summed E-state index contributed by atoms with van der Waals surface area (Å²) in [5.41, 5.74) is 2.39. The number of H-pyrrole nitrogens is 1. The van der Waals surface area contributed by atoms with E-state index in [0.29, 0.717) is 21.8 Å². The van der Waals surface area contributed by atoms with E-state index in [9.17, 15) is 4.79 Å². The number of amides is 1. The van der Waals surface area contributed by atoms with Crippen LogP contribution in [0.3, 0.4) is 0 Å². The molecule has 1 aromatic heterocycles. The summed E-state index contributed by atoms with van der Waals surface area (Å²) in [5.74, 6) is -0.244. The molecule has 1 heterocycles. The van der Waals surface area contributed by atoms with Crippen LogP contribution in [0.2, 0.25) is 5.02 Å². The minimum atomic E-state index is -0.244. The number of fused-ring (bicyclic) bond motifs is 1.